The van der Waals surface area contributed by atoms with Gasteiger partial charge in [-0.15, -0.1) is 0 Å². The molecule has 0 N–H and O–H groups in total. The number of rotatable bonds is 5. The van der Waals surface area contributed by atoms with Gasteiger partial charge in [0, 0.05) is 44.2 Å². The van der Waals surface area contributed by atoms with Gasteiger partial charge in [0.15, 0.2) is 0 Å². The normalized spacial score (nSPS) is 11.7. The lowest BCUT2D eigenvalue weighted by atomic mass is 9.97. The van der Waals surface area contributed by atoms with Crippen LogP contribution in [-0.2, 0) is 0 Å². The van der Waals surface area contributed by atoms with Gasteiger partial charge in [0.05, 0.1) is 0 Å². The maximum Gasteiger partial charge on any atom is 0.143 e. The average Bonchev–Trinajstić information content (AvgIpc) is 3.74. The highest BCUT2D eigenvalue weighted by Gasteiger charge is 2.22. The third-order valence-electron chi connectivity index (χ3n) is 9.63. The highest BCUT2D eigenvalue weighted by Crippen LogP contribution is 2.46. The summed E-state index contributed by atoms with van der Waals surface area (Å²) in [7, 11) is 0. The molecule has 2 aromatic heterocycles. The predicted octanol–water partition coefficient (Wildman–Crippen LogP) is 13.4. The van der Waals surface area contributed by atoms with Crippen LogP contribution in [0.1, 0.15) is 0 Å². The maximum absolute atomic E-state index is 6.83. The molecule has 2 heterocycles. The first-order valence-corrected chi connectivity index (χ1v) is 16.6. The van der Waals surface area contributed by atoms with E-state index in [0.29, 0.717) is 0 Å². The van der Waals surface area contributed by atoms with E-state index in [1.165, 1.54) is 21.9 Å². The van der Waals surface area contributed by atoms with Crippen molar-refractivity contribution >= 4 is 71.7 Å². The van der Waals surface area contributed by atoms with E-state index in [4.69, 9.17) is 8.83 Å². The van der Waals surface area contributed by atoms with E-state index in [-0.39, 0.29) is 0 Å². The second-order valence-corrected chi connectivity index (χ2v) is 12.5. The van der Waals surface area contributed by atoms with Crippen LogP contribution in [0, 0.1) is 0 Å². The summed E-state index contributed by atoms with van der Waals surface area (Å²) in [5.74, 6) is 0. The molecule has 0 radical (unpaired) electrons. The zero-order valence-corrected chi connectivity index (χ0v) is 26.5. The molecule has 49 heavy (non-hydrogen) atoms. The van der Waals surface area contributed by atoms with Crippen LogP contribution in [0.4, 0.5) is 17.1 Å². The highest BCUT2D eigenvalue weighted by atomic mass is 16.3. The number of anilines is 3. The largest absolute Gasteiger partial charge is 0.456 e. The Labute approximate surface area is 282 Å². The Balaban J connectivity index is 1.28. The van der Waals surface area contributed by atoms with Crippen LogP contribution in [0.5, 0.6) is 0 Å². The number of hydrogen-bond acceptors (Lipinski definition) is 3. The van der Waals surface area contributed by atoms with Crippen molar-refractivity contribution in [3.8, 4) is 22.3 Å². The van der Waals surface area contributed by atoms with E-state index in [0.717, 1.165) is 72.1 Å². The predicted molar refractivity (Wildman–Crippen MR) is 204 cm³/mol. The van der Waals surface area contributed by atoms with Crippen molar-refractivity contribution in [3.63, 3.8) is 0 Å². The second kappa shape index (κ2) is 11.0. The van der Waals surface area contributed by atoms with Crippen LogP contribution >= 0.6 is 0 Å². The van der Waals surface area contributed by atoms with E-state index in [2.05, 4.69) is 157 Å². The van der Waals surface area contributed by atoms with Crippen LogP contribution < -0.4 is 4.90 Å². The summed E-state index contributed by atoms with van der Waals surface area (Å²) in [5, 5.41) is 6.67. The van der Waals surface area contributed by atoms with E-state index in [1.807, 2.05) is 24.3 Å². The van der Waals surface area contributed by atoms with Crippen molar-refractivity contribution < 1.29 is 8.83 Å². The van der Waals surface area contributed by atoms with Crippen LogP contribution in [0.25, 0.3) is 76.9 Å². The molecule has 0 aliphatic carbocycles. The fourth-order valence-corrected chi connectivity index (χ4v) is 7.33. The Bertz CT molecular complexity index is 2810. The molecule has 0 saturated heterocycles. The standard InChI is InChI=1S/C46H29NO2/c1-3-11-30(12-4-1)32-21-23-36(24-22-32)47(35-15-5-2-6-16-35)37-28-39(34-20-19-31-13-7-8-14-33(31)27-34)46-40(29-37)45-43(49-46)26-25-42-44(45)38-17-9-10-18-41(38)48-42/h1-29H. The van der Waals surface area contributed by atoms with Gasteiger partial charge in [-0.25, -0.2) is 0 Å². The lowest BCUT2D eigenvalue weighted by molar-refractivity contribution is 0.663. The summed E-state index contributed by atoms with van der Waals surface area (Å²) in [5.41, 5.74) is 11.1. The van der Waals surface area contributed by atoms with Crippen LogP contribution in [0.3, 0.4) is 0 Å². The molecule has 3 nitrogen and oxygen atoms in total. The minimum Gasteiger partial charge on any atom is -0.456 e. The van der Waals surface area contributed by atoms with E-state index in [1.54, 1.807) is 0 Å². The molecule has 3 heteroatoms. The molecule has 0 bridgehead atoms. The number of fused-ring (bicyclic) bond motifs is 8. The molecule has 10 rings (SSSR count). The van der Waals surface area contributed by atoms with Gasteiger partial charge in [0.25, 0.3) is 0 Å². The zero-order valence-electron chi connectivity index (χ0n) is 26.5. The van der Waals surface area contributed by atoms with Crippen molar-refractivity contribution in [2.24, 2.45) is 0 Å². The topological polar surface area (TPSA) is 29.5 Å². The summed E-state index contributed by atoms with van der Waals surface area (Å²) >= 11 is 0. The summed E-state index contributed by atoms with van der Waals surface area (Å²) in [6.45, 7) is 0. The monoisotopic (exact) mass is 627 g/mol. The smallest absolute Gasteiger partial charge is 0.143 e. The molecule has 230 valence electrons. The quantitative estimate of drug-likeness (QED) is 0.190. The molecule has 0 amide bonds. The van der Waals surface area contributed by atoms with Crippen LogP contribution in [0.2, 0.25) is 0 Å². The molecule has 0 spiro atoms. The summed E-state index contributed by atoms with van der Waals surface area (Å²) in [4.78, 5) is 2.34. The minimum absolute atomic E-state index is 0.840. The number of benzene rings is 8. The van der Waals surface area contributed by atoms with Crippen molar-refractivity contribution in [2.75, 3.05) is 4.90 Å². The third kappa shape index (κ3) is 4.51. The van der Waals surface area contributed by atoms with Gasteiger partial charge in [0.1, 0.15) is 22.3 Å². The van der Waals surface area contributed by atoms with Gasteiger partial charge in [0.2, 0.25) is 0 Å². The molecule has 0 aliphatic rings. The average molecular weight is 628 g/mol. The van der Waals surface area contributed by atoms with Gasteiger partial charge >= 0.3 is 0 Å². The number of hydrogen-bond donors (Lipinski definition) is 0. The first-order valence-electron chi connectivity index (χ1n) is 16.6. The molecular formula is C46H29NO2. The zero-order chi connectivity index (χ0) is 32.3. The lowest BCUT2D eigenvalue weighted by Crippen LogP contribution is -2.10. The Kier molecular flexibility index (Phi) is 6.18. The first-order chi connectivity index (χ1) is 24.3. The van der Waals surface area contributed by atoms with Gasteiger partial charge in [-0.2, -0.15) is 0 Å². The number of furan rings is 2. The lowest BCUT2D eigenvalue weighted by Gasteiger charge is -2.26. The van der Waals surface area contributed by atoms with Gasteiger partial charge in [-0.1, -0.05) is 115 Å². The fourth-order valence-electron chi connectivity index (χ4n) is 7.33. The first kappa shape index (κ1) is 27.5. The molecular weight excluding hydrogens is 599 g/mol. The molecule has 0 fully saturated rings. The van der Waals surface area contributed by atoms with Crippen LogP contribution in [-0.4, -0.2) is 0 Å². The molecule has 0 atom stereocenters. The van der Waals surface area contributed by atoms with Gasteiger partial charge < -0.3 is 13.7 Å². The summed E-state index contributed by atoms with van der Waals surface area (Å²) < 4.78 is 13.2. The number of para-hydroxylation sites is 2. The van der Waals surface area contributed by atoms with E-state index < -0.39 is 0 Å². The molecule has 0 aliphatic heterocycles. The molecule has 10 aromatic rings. The van der Waals surface area contributed by atoms with E-state index >= 15 is 0 Å². The number of nitrogens with zero attached hydrogens (tertiary/aromatic N) is 1. The summed E-state index contributed by atoms with van der Waals surface area (Å²) in [6, 6.07) is 62.0. The van der Waals surface area contributed by atoms with Gasteiger partial charge in [-0.05, 0) is 88.1 Å². The van der Waals surface area contributed by atoms with Crippen molar-refractivity contribution in [1.82, 2.24) is 0 Å². The Hall–Kier alpha value is -6.58. The minimum atomic E-state index is 0.840. The summed E-state index contributed by atoms with van der Waals surface area (Å²) in [6.07, 6.45) is 0. The Morgan fingerprint density at radius 1 is 0.347 bits per heavy atom. The Morgan fingerprint density at radius 3 is 1.78 bits per heavy atom. The van der Waals surface area contributed by atoms with Crippen molar-refractivity contribution in [1.29, 1.82) is 0 Å². The Morgan fingerprint density at radius 2 is 0.959 bits per heavy atom. The SMILES string of the molecule is c1ccc(-c2ccc(N(c3ccccc3)c3cc(-c4ccc5ccccc5c4)c4oc5ccc6oc7ccccc7c6c5c4c3)cc2)cc1. The molecule has 0 unspecified atom stereocenters. The molecule has 8 aromatic carbocycles. The third-order valence-corrected chi connectivity index (χ3v) is 9.63. The molecule has 0 saturated carbocycles. The van der Waals surface area contributed by atoms with Gasteiger partial charge in [-0.3, -0.25) is 0 Å². The van der Waals surface area contributed by atoms with E-state index in [9.17, 15) is 0 Å². The van der Waals surface area contributed by atoms with Crippen molar-refractivity contribution in [2.45, 2.75) is 0 Å². The van der Waals surface area contributed by atoms with Crippen molar-refractivity contribution in [3.05, 3.63) is 176 Å². The van der Waals surface area contributed by atoms with Crippen LogP contribution in [0.15, 0.2) is 185 Å². The fraction of sp³-hybridized carbons (Fsp3) is 0. The maximum atomic E-state index is 6.83. The second-order valence-electron chi connectivity index (χ2n) is 12.5. The highest BCUT2D eigenvalue weighted by molar-refractivity contribution is 6.27.